The molecule has 1 rings (SSSR count). The highest BCUT2D eigenvalue weighted by molar-refractivity contribution is 8.76. The molecule has 9 nitrogen and oxygen atoms in total. The smallest absolute Gasteiger partial charge is 0.352 e. The molecule has 0 aliphatic heterocycles. The van der Waals surface area contributed by atoms with Gasteiger partial charge in [-0.15, -0.1) is 0 Å². The minimum absolute atomic E-state index is 0.0403. The first kappa shape index (κ1) is 21.4. The van der Waals surface area contributed by atoms with Crippen molar-refractivity contribution in [1.82, 2.24) is 5.32 Å². The predicted molar refractivity (Wildman–Crippen MR) is 94.4 cm³/mol. The molecule has 3 unspecified atom stereocenters. The number of aromatic hydroxyl groups is 2. The topological polar surface area (TPSA) is 173 Å². The zero-order valence-corrected chi connectivity index (χ0v) is 14.9. The summed E-state index contributed by atoms with van der Waals surface area (Å²) in [5.74, 6) is -3.25. The van der Waals surface area contributed by atoms with Crippen molar-refractivity contribution in [3.8, 4) is 11.5 Å². The predicted octanol–water partition coefficient (Wildman–Crippen LogP) is 0.315. The molecule has 0 saturated carbocycles. The summed E-state index contributed by atoms with van der Waals surface area (Å²) in [6.45, 7) is 1.51. The molecular weight excluding hydrogens is 372 g/mol. The molecule has 25 heavy (non-hydrogen) atoms. The van der Waals surface area contributed by atoms with Gasteiger partial charge in [-0.05, 0) is 25.1 Å². The van der Waals surface area contributed by atoms with Crippen molar-refractivity contribution in [2.45, 2.75) is 24.7 Å². The highest BCUT2D eigenvalue weighted by Crippen LogP contribution is 2.31. The van der Waals surface area contributed by atoms with Crippen molar-refractivity contribution in [3.05, 3.63) is 23.8 Å². The Balaban J connectivity index is 2.72. The van der Waals surface area contributed by atoms with Gasteiger partial charge in [0.2, 0.25) is 5.72 Å². The van der Waals surface area contributed by atoms with Crippen molar-refractivity contribution in [2.75, 3.05) is 11.5 Å². The Labute approximate surface area is 151 Å². The van der Waals surface area contributed by atoms with E-state index in [2.05, 4.69) is 5.32 Å². The number of phenols is 2. The number of carboxylic acid groups (broad SMARTS) is 2. The molecule has 0 aliphatic rings. The van der Waals surface area contributed by atoms with Crippen LogP contribution < -0.4 is 11.1 Å². The summed E-state index contributed by atoms with van der Waals surface area (Å²) >= 11 is 0. The van der Waals surface area contributed by atoms with Crippen molar-refractivity contribution in [2.24, 2.45) is 5.73 Å². The molecule has 8 N–H and O–H groups in total. The summed E-state index contributed by atoms with van der Waals surface area (Å²) in [5.41, 5.74) is 3.22. The number of aliphatic carboxylic acids is 2. The third-order valence-electron chi connectivity index (χ3n) is 3.20. The Morgan fingerprint density at radius 2 is 1.92 bits per heavy atom. The van der Waals surface area contributed by atoms with Gasteiger partial charge in [0.05, 0.1) is 5.75 Å². The first-order chi connectivity index (χ1) is 11.6. The number of nitrogens with two attached hydrogens (primary N) is 1. The Morgan fingerprint density at radius 1 is 1.28 bits per heavy atom. The first-order valence-electron chi connectivity index (χ1n) is 7.05. The second-order valence-corrected chi connectivity index (χ2v) is 7.77. The molecule has 140 valence electrons. The lowest BCUT2D eigenvalue weighted by atomic mass is 10.1. The van der Waals surface area contributed by atoms with E-state index in [0.29, 0.717) is 0 Å². The van der Waals surface area contributed by atoms with E-state index in [4.69, 9.17) is 10.8 Å². The minimum Gasteiger partial charge on any atom is -0.508 e. The second-order valence-electron chi connectivity index (χ2n) is 5.27. The summed E-state index contributed by atoms with van der Waals surface area (Å²) in [6.07, 6.45) is 0. The van der Waals surface area contributed by atoms with E-state index >= 15 is 0 Å². The van der Waals surface area contributed by atoms with Gasteiger partial charge < -0.3 is 31.3 Å². The normalized spacial score (nSPS) is 16.0. The summed E-state index contributed by atoms with van der Waals surface area (Å²) in [4.78, 5) is 22.0. The van der Waals surface area contributed by atoms with Gasteiger partial charge in [0.25, 0.3) is 0 Å². The monoisotopic (exact) mass is 392 g/mol. The van der Waals surface area contributed by atoms with Crippen LogP contribution in [0.3, 0.4) is 0 Å². The average molecular weight is 392 g/mol. The summed E-state index contributed by atoms with van der Waals surface area (Å²) in [7, 11) is 1.97. The second kappa shape index (κ2) is 9.15. The first-order valence-corrected chi connectivity index (χ1v) is 9.53. The average Bonchev–Trinajstić information content (AvgIpc) is 2.53. The van der Waals surface area contributed by atoms with Gasteiger partial charge in [0, 0.05) is 17.4 Å². The Morgan fingerprint density at radius 3 is 2.48 bits per heavy atom. The number of hydrogen-bond donors (Lipinski definition) is 7. The van der Waals surface area contributed by atoms with Crippen molar-refractivity contribution in [1.29, 1.82) is 0 Å². The van der Waals surface area contributed by atoms with Gasteiger partial charge in [-0.2, -0.15) is 0 Å². The fourth-order valence-electron chi connectivity index (χ4n) is 1.81. The standard InChI is InChI=1S/C14H20N2O7S2/c1-7(9-4-8(17)2-3-11(9)18)16-14(23,13(21)22)6-25-24-5-10(15)12(19)20/h2-4,7,10,16-18,23H,5-6,15H2,1H3,(H,19,20)(H,21,22). The van der Waals surface area contributed by atoms with Crippen molar-refractivity contribution < 1.29 is 35.1 Å². The highest BCUT2D eigenvalue weighted by Gasteiger charge is 2.38. The Hall–Kier alpha value is -1.66. The fourth-order valence-corrected chi connectivity index (χ4v) is 4.15. The maximum atomic E-state index is 11.4. The number of carboxylic acids is 2. The molecule has 1 aromatic carbocycles. The van der Waals surface area contributed by atoms with E-state index in [1.807, 2.05) is 0 Å². The SMILES string of the molecule is CC(NC(O)(CSSCC(N)C(=O)O)C(=O)O)c1cc(O)ccc1O. The van der Waals surface area contributed by atoms with Gasteiger partial charge in [-0.3, -0.25) is 10.1 Å². The quantitative estimate of drug-likeness (QED) is 0.126. The zero-order chi connectivity index (χ0) is 19.2. The van der Waals surface area contributed by atoms with E-state index < -0.39 is 29.7 Å². The van der Waals surface area contributed by atoms with Crippen LogP contribution in [0.2, 0.25) is 0 Å². The molecule has 11 heteroatoms. The summed E-state index contributed by atoms with van der Waals surface area (Å²) < 4.78 is 0. The van der Waals surface area contributed by atoms with Crippen LogP contribution in [0.4, 0.5) is 0 Å². The molecule has 0 radical (unpaired) electrons. The van der Waals surface area contributed by atoms with E-state index in [0.717, 1.165) is 21.6 Å². The number of phenolic OH excluding ortho intramolecular Hbond substituents is 2. The summed E-state index contributed by atoms with van der Waals surface area (Å²) in [6, 6.07) is 1.89. The lowest BCUT2D eigenvalue weighted by Crippen LogP contribution is -2.55. The molecule has 0 saturated heterocycles. The minimum atomic E-state index is -2.33. The number of benzene rings is 1. The van der Waals surface area contributed by atoms with Gasteiger partial charge in [0.15, 0.2) is 0 Å². The molecule has 1 aromatic rings. The number of carbonyl (C=O) groups is 2. The lowest BCUT2D eigenvalue weighted by molar-refractivity contribution is -0.160. The zero-order valence-electron chi connectivity index (χ0n) is 13.2. The van der Waals surface area contributed by atoms with E-state index in [9.17, 15) is 30.0 Å². The van der Waals surface area contributed by atoms with Crippen LogP contribution in [-0.2, 0) is 9.59 Å². The fraction of sp³-hybridized carbons (Fsp3) is 0.429. The van der Waals surface area contributed by atoms with Gasteiger partial charge in [-0.25, -0.2) is 4.79 Å². The maximum Gasteiger partial charge on any atom is 0.352 e. The van der Waals surface area contributed by atoms with E-state index in [1.165, 1.54) is 25.1 Å². The lowest BCUT2D eigenvalue weighted by Gasteiger charge is -2.28. The third-order valence-corrected chi connectivity index (χ3v) is 5.66. The van der Waals surface area contributed by atoms with Gasteiger partial charge >= 0.3 is 11.9 Å². The molecule has 0 fully saturated rings. The molecule has 0 amide bonds. The largest absolute Gasteiger partial charge is 0.508 e. The van der Waals surface area contributed by atoms with Gasteiger partial charge in [-0.1, -0.05) is 21.6 Å². The Bertz CT molecular complexity index is 631. The van der Waals surface area contributed by atoms with Crippen molar-refractivity contribution in [3.63, 3.8) is 0 Å². The molecule has 0 aromatic heterocycles. The van der Waals surface area contributed by atoms with Crippen LogP contribution in [0.1, 0.15) is 18.5 Å². The van der Waals surface area contributed by atoms with Crippen molar-refractivity contribution >= 4 is 33.5 Å². The van der Waals surface area contributed by atoms with Gasteiger partial charge in [0.1, 0.15) is 17.5 Å². The molecule has 0 bridgehead atoms. The van der Waals surface area contributed by atoms with Crippen LogP contribution in [-0.4, -0.2) is 60.7 Å². The van der Waals surface area contributed by atoms with E-state index in [-0.39, 0.29) is 28.6 Å². The van der Waals surface area contributed by atoms with Crippen LogP contribution >= 0.6 is 21.6 Å². The molecule has 3 atom stereocenters. The highest BCUT2D eigenvalue weighted by atomic mass is 33.1. The number of nitrogens with one attached hydrogen (secondary N) is 1. The maximum absolute atomic E-state index is 11.4. The number of aliphatic hydroxyl groups is 1. The molecular formula is C14H20N2O7S2. The van der Waals surface area contributed by atoms with Crippen LogP contribution in [0.5, 0.6) is 11.5 Å². The molecule has 0 spiro atoms. The van der Waals surface area contributed by atoms with Crippen LogP contribution in [0.15, 0.2) is 18.2 Å². The Kier molecular flexibility index (Phi) is 7.83. The molecule has 0 heterocycles. The number of hydrogen-bond acceptors (Lipinski definition) is 9. The number of rotatable bonds is 10. The van der Waals surface area contributed by atoms with Crippen LogP contribution in [0, 0.1) is 0 Å². The third kappa shape index (κ3) is 6.29. The van der Waals surface area contributed by atoms with E-state index in [1.54, 1.807) is 0 Å². The van der Waals surface area contributed by atoms with Crippen LogP contribution in [0.25, 0.3) is 0 Å². The summed E-state index contributed by atoms with van der Waals surface area (Å²) in [5, 5.41) is 50.1. The molecule has 0 aliphatic carbocycles.